The molecule has 108 valence electrons. The zero-order valence-corrected chi connectivity index (χ0v) is 14.4. The summed E-state index contributed by atoms with van der Waals surface area (Å²) in [6, 6.07) is 9.74. The van der Waals surface area contributed by atoms with Gasteiger partial charge in [-0.15, -0.1) is 0 Å². The number of carbonyl (C=O) groups excluding carboxylic acids is 1. The van der Waals surface area contributed by atoms with Crippen molar-refractivity contribution in [1.29, 1.82) is 0 Å². The van der Waals surface area contributed by atoms with E-state index in [0.717, 1.165) is 4.47 Å². The Morgan fingerprint density at radius 1 is 1.24 bits per heavy atom. The normalized spacial score (nSPS) is 10.8. The molecule has 7 heteroatoms. The molecule has 0 bridgehead atoms. The zero-order chi connectivity index (χ0) is 15.4. The molecule has 0 aliphatic heterocycles. The van der Waals surface area contributed by atoms with Gasteiger partial charge in [0.05, 0.1) is 11.8 Å². The molecule has 0 saturated heterocycles. The molecule has 0 aliphatic carbocycles. The van der Waals surface area contributed by atoms with Crippen molar-refractivity contribution in [1.82, 2.24) is 5.43 Å². The van der Waals surface area contributed by atoms with Crippen LogP contribution in [0.15, 0.2) is 50.4 Å². The Kier molecular flexibility index (Phi) is 5.39. The highest BCUT2D eigenvalue weighted by Gasteiger charge is 2.09. The molecule has 0 saturated carbocycles. The van der Waals surface area contributed by atoms with Crippen molar-refractivity contribution < 1.29 is 9.90 Å². The van der Waals surface area contributed by atoms with Gasteiger partial charge in [-0.1, -0.05) is 27.5 Å². The van der Waals surface area contributed by atoms with Gasteiger partial charge in [0, 0.05) is 19.5 Å². The lowest BCUT2D eigenvalue weighted by molar-refractivity contribution is 0.0954. The molecule has 0 atom stereocenters. The number of aromatic hydroxyl groups is 1. The number of carbonyl (C=O) groups is 1. The molecule has 0 radical (unpaired) electrons. The third-order valence-corrected chi connectivity index (χ3v) is 3.92. The predicted octanol–water partition coefficient (Wildman–Crippen LogP) is 4.33. The van der Waals surface area contributed by atoms with Crippen LogP contribution in [-0.4, -0.2) is 17.2 Å². The van der Waals surface area contributed by atoms with Crippen molar-refractivity contribution in [2.45, 2.75) is 0 Å². The monoisotopic (exact) mass is 430 g/mol. The number of hydrogen-bond donors (Lipinski definition) is 2. The van der Waals surface area contributed by atoms with E-state index in [1.54, 1.807) is 30.3 Å². The highest BCUT2D eigenvalue weighted by atomic mass is 79.9. The third-order valence-electron chi connectivity index (χ3n) is 2.54. The average molecular weight is 432 g/mol. The maximum absolute atomic E-state index is 12.0. The Hall–Kier alpha value is -1.37. The molecular weight excluding hydrogens is 423 g/mol. The SMILES string of the molecule is O=C(N/N=C/c1cc(Cl)ccc1O)c1ccc(Br)cc1Br. The van der Waals surface area contributed by atoms with Crippen LogP contribution in [0.4, 0.5) is 0 Å². The van der Waals surface area contributed by atoms with Gasteiger partial charge in [0.15, 0.2) is 0 Å². The standard InChI is InChI=1S/C14H9Br2ClN2O2/c15-9-1-3-11(12(16)6-9)14(21)19-18-7-8-5-10(17)2-4-13(8)20/h1-7,20H,(H,19,21)/b18-7+. The second kappa shape index (κ2) is 7.06. The highest BCUT2D eigenvalue weighted by molar-refractivity contribution is 9.11. The summed E-state index contributed by atoms with van der Waals surface area (Å²) >= 11 is 12.4. The lowest BCUT2D eigenvalue weighted by Crippen LogP contribution is -2.18. The minimum absolute atomic E-state index is 0.0298. The molecule has 0 aromatic heterocycles. The van der Waals surface area contributed by atoms with Crippen LogP contribution in [0.2, 0.25) is 5.02 Å². The van der Waals surface area contributed by atoms with Gasteiger partial charge in [-0.25, -0.2) is 5.43 Å². The molecule has 0 fully saturated rings. The summed E-state index contributed by atoms with van der Waals surface area (Å²) in [5.74, 6) is -0.339. The summed E-state index contributed by atoms with van der Waals surface area (Å²) < 4.78 is 1.51. The molecule has 1 amide bonds. The molecule has 2 aromatic carbocycles. The van der Waals surface area contributed by atoms with Gasteiger partial charge in [-0.2, -0.15) is 5.10 Å². The Morgan fingerprint density at radius 2 is 2.00 bits per heavy atom. The first-order valence-electron chi connectivity index (χ1n) is 5.74. The minimum Gasteiger partial charge on any atom is -0.507 e. The molecule has 0 aliphatic rings. The van der Waals surface area contributed by atoms with E-state index in [4.69, 9.17) is 11.6 Å². The van der Waals surface area contributed by atoms with Crippen LogP contribution in [0.1, 0.15) is 15.9 Å². The number of halogens is 3. The van der Waals surface area contributed by atoms with Crippen molar-refractivity contribution in [3.8, 4) is 5.75 Å². The zero-order valence-electron chi connectivity index (χ0n) is 10.5. The topological polar surface area (TPSA) is 61.7 Å². The second-order valence-corrected chi connectivity index (χ2v) is 6.23. The lowest BCUT2D eigenvalue weighted by atomic mass is 10.2. The van der Waals surface area contributed by atoms with Crippen molar-refractivity contribution >= 4 is 55.6 Å². The maximum Gasteiger partial charge on any atom is 0.272 e. The lowest BCUT2D eigenvalue weighted by Gasteiger charge is -2.03. The van der Waals surface area contributed by atoms with Gasteiger partial charge in [0.2, 0.25) is 0 Å². The van der Waals surface area contributed by atoms with E-state index in [2.05, 4.69) is 42.4 Å². The van der Waals surface area contributed by atoms with Crippen LogP contribution in [0.25, 0.3) is 0 Å². The van der Waals surface area contributed by atoms with E-state index in [1.165, 1.54) is 12.3 Å². The number of nitrogens with one attached hydrogen (secondary N) is 1. The second-order valence-electron chi connectivity index (χ2n) is 4.03. The van der Waals surface area contributed by atoms with E-state index in [1.807, 2.05) is 0 Å². The fourth-order valence-electron chi connectivity index (χ4n) is 1.52. The van der Waals surface area contributed by atoms with Crippen LogP contribution >= 0.6 is 43.5 Å². The van der Waals surface area contributed by atoms with Gasteiger partial charge in [-0.3, -0.25) is 4.79 Å². The Bertz CT molecular complexity index is 720. The van der Waals surface area contributed by atoms with E-state index in [9.17, 15) is 9.90 Å². The van der Waals surface area contributed by atoms with Crippen LogP contribution in [0.3, 0.4) is 0 Å². The molecule has 21 heavy (non-hydrogen) atoms. The molecule has 0 heterocycles. The molecular formula is C14H9Br2ClN2O2. The van der Waals surface area contributed by atoms with E-state index >= 15 is 0 Å². The van der Waals surface area contributed by atoms with Gasteiger partial charge in [0.1, 0.15) is 5.75 Å². The fraction of sp³-hybridized carbons (Fsp3) is 0. The number of amides is 1. The molecule has 2 N–H and O–H groups in total. The summed E-state index contributed by atoms with van der Waals surface area (Å²) in [6.07, 6.45) is 1.33. The van der Waals surface area contributed by atoms with Crippen LogP contribution in [-0.2, 0) is 0 Å². The number of rotatable bonds is 3. The van der Waals surface area contributed by atoms with Gasteiger partial charge in [0.25, 0.3) is 5.91 Å². The molecule has 0 unspecified atom stereocenters. The molecule has 2 rings (SSSR count). The van der Waals surface area contributed by atoms with E-state index in [-0.39, 0.29) is 11.7 Å². The number of nitrogens with zero attached hydrogens (tertiary/aromatic N) is 1. The maximum atomic E-state index is 12.0. The largest absolute Gasteiger partial charge is 0.507 e. The van der Waals surface area contributed by atoms with E-state index < -0.39 is 0 Å². The van der Waals surface area contributed by atoms with Gasteiger partial charge >= 0.3 is 0 Å². The van der Waals surface area contributed by atoms with Crippen molar-refractivity contribution in [3.05, 3.63) is 61.5 Å². The van der Waals surface area contributed by atoms with Gasteiger partial charge in [-0.05, 0) is 52.3 Å². The third kappa shape index (κ3) is 4.30. The Morgan fingerprint density at radius 3 is 2.71 bits per heavy atom. The average Bonchev–Trinajstić information content (AvgIpc) is 2.42. The van der Waals surface area contributed by atoms with Crippen LogP contribution in [0.5, 0.6) is 5.75 Å². The summed E-state index contributed by atoms with van der Waals surface area (Å²) in [6.45, 7) is 0. The van der Waals surface area contributed by atoms with Crippen LogP contribution in [0, 0.1) is 0 Å². The number of phenols is 1. The summed E-state index contributed by atoms with van der Waals surface area (Å²) in [7, 11) is 0. The number of phenolic OH excluding ortho intramolecular Hbond substituents is 1. The number of hydrogen-bond acceptors (Lipinski definition) is 3. The number of benzene rings is 2. The smallest absolute Gasteiger partial charge is 0.272 e. The molecule has 0 spiro atoms. The molecule has 2 aromatic rings. The summed E-state index contributed by atoms with van der Waals surface area (Å²) in [5.41, 5.74) is 3.25. The summed E-state index contributed by atoms with van der Waals surface area (Å²) in [4.78, 5) is 12.0. The van der Waals surface area contributed by atoms with E-state index in [0.29, 0.717) is 20.6 Å². The van der Waals surface area contributed by atoms with Crippen LogP contribution < -0.4 is 5.43 Å². The highest BCUT2D eigenvalue weighted by Crippen LogP contribution is 2.22. The molecule has 4 nitrogen and oxygen atoms in total. The minimum atomic E-state index is -0.368. The Balaban J connectivity index is 2.10. The predicted molar refractivity (Wildman–Crippen MR) is 90.0 cm³/mol. The van der Waals surface area contributed by atoms with Crippen molar-refractivity contribution in [2.24, 2.45) is 5.10 Å². The van der Waals surface area contributed by atoms with Gasteiger partial charge < -0.3 is 5.11 Å². The number of hydrazone groups is 1. The quantitative estimate of drug-likeness (QED) is 0.560. The summed E-state index contributed by atoms with van der Waals surface area (Å²) in [5, 5.41) is 13.9. The first-order chi connectivity index (χ1) is 9.97. The fourth-order valence-corrected chi connectivity index (χ4v) is 2.93. The first-order valence-corrected chi connectivity index (χ1v) is 7.71. The van der Waals surface area contributed by atoms with Crippen molar-refractivity contribution in [2.75, 3.05) is 0 Å². The Labute approximate surface area is 143 Å². The van der Waals surface area contributed by atoms with Crippen molar-refractivity contribution in [3.63, 3.8) is 0 Å². The first kappa shape index (κ1) is 16.0.